The third-order valence-electron chi connectivity index (χ3n) is 4.75. The van der Waals surface area contributed by atoms with E-state index in [1.165, 1.54) is 12.0 Å². The molecule has 0 radical (unpaired) electrons. The molecule has 0 fully saturated rings. The summed E-state index contributed by atoms with van der Waals surface area (Å²) in [5.41, 5.74) is 2.09. The first-order valence-corrected chi connectivity index (χ1v) is 9.43. The van der Waals surface area contributed by atoms with Gasteiger partial charge in [0.25, 0.3) is 0 Å². The number of methoxy groups -OCH3 is 2. The molecule has 30 heavy (non-hydrogen) atoms. The van der Waals surface area contributed by atoms with Crippen LogP contribution in [-0.2, 0) is 23.0 Å². The van der Waals surface area contributed by atoms with E-state index in [9.17, 15) is 9.59 Å². The molecule has 0 saturated heterocycles. The standard InChI is InChI=1S/C21H24N4O5/c1-5-6-7-18(26)25(21-23-22-19(30-21)20(27)29-4)11-10-14-13-24(2)17-12-15(28-3)8-9-16(14)17/h5,8-9,12-13H,1,6-7,10-11H2,2-4H3. The number of nitrogens with zero attached hydrogens (tertiary/aromatic N) is 4. The first-order chi connectivity index (χ1) is 14.5. The number of carbonyl (C=O) groups is 2. The summed E-state index contributed by atoms with van der Waals surface area (Å²) in [4.78, 5) is 25.8. The number of fused-ring (bicyclic) bond motifs is 1. The highest BCUT2D eigenvalue weighted by Crippen LogP contribution is 2.26. The van der Waals surface area contributed by atoms with Crippen LogP contribution >= 0.6 is 0 Å². The number of amides is 1. The van der Waals surface area contributed by atoms with Crippen LogP contribution in [0.3, 0.4) is 0 Å². The third kappa shape index (κ3) is 4.35. The maximum Gasteiger partial charge on any atom is 0.396 e. The fourth-order valence-electron chi connectivity index (χ4n) is 3.19. The van der Waals surface area contributed by atoms with E-state index in [4.69, 9.17) is 9.15 Å². The van der Waals surface area contributed by atoms with Gasteiger partial charge in [0.05, 0.1) is 19.7 Å². The molecule has 0 saturated carbocycles. The van der Waals surface area contributed by atoms with Gasteiger partial charge in [-0.25, -0.2) is 4.79 Å². The number of aromatic nitrogens is 3. The van der Waals surface area contributed by atoms with Crippen molar-refractivity contribution in [1.29, 1.82) is 0 Å². The molecule has 0 unspecified atom stereocenters. The number of hydrogen-bond donors (Lipinski definition) is 0. The normalized spacial score (nSPS) is 10.8. The highest BCUT2D eigenvalue weighted by Gasteiger charge is 2.24. The van der Waals surface area contributed by atoms with Gasteiger partial charge in [-0.2, -0.15) is 0 Å². The van der Waals surface area contributed by atoms with E-state index in [0.29, 0.717) is 19.4 Å². The van der Waals surface area contributed by atoms with E-state index < -0.39 is 5.97 Å². The fraction of sp³-hybridized carbons (Fsp3) is 0.333. The smallest absolute Gasteiger partial charge is 0.396 e. The molecule has 1 aromatic carbocycles. The zero-order chi connectivity index (χ0) is 21.7. The van der Waals surface area contributed by atoms with E-state index in [2.05, 4.69) is 21.5 Å². The van der Waals surface area contributed by atoms with Gasteiger partial charge in [0, 0.05) is 37.7 Å². The van der Waals surface area contributed by atoms with Crippen LogP contribution < -0.4 is 9.64 Å². The Morgan fingerprint density at radius 1 is 1.30 bits per heavy atom. The Labute approximate surface area is 173 Å². The van der Waals surface area contributed by atoms with Crippen molar-refractivity contribution >= 4 is 28.8 Å². The Morgan fingerprint density at radius 2 is 2.10 bits per heavy atom. The van der Waals surface area contributed by atoms with E-state index in [1.54, 1.807) is 13.2 Å². The average Bonchev–Trinajstić information content (AvgIpc) is 3.37. The minimum Gasteiger partial charge on any atom is -0.497 e. The number of allylic oxidation sites excluding steroid dienone is 1. The monoisotopic (exact) mass is 412 g/mol. The summed E-state index contributed by atoms with van der Waals surface area (Å²) in [6.45, 7) is 3.96. The Kier molecular flexibility index (Phi) is 6.51. The Bertz CT molecular complexity index is 1070. The fourth-order valence-corrected chi connectivity index (χ4v) is 3.19. The number of rotatable bonds is 9. The first kappa shape index (κ1) is 21.1. The van der Waals surface area contributed by atoms with Crippen molar-refractivity contribution in [3.8, 4) is 5.75 Å². The summed E-state index contributed by atoms with van der Waals surface area (Å²) >= 11 is 0. The van der Waals surface area contributed by atoms with Crippen LogP contribution in [0.15, 0.2) is 41.5 Å². The summed E-state index contributed by atoms with van der Waals surface area (Å²) in [5.74, 6) is -0.476. The lowest BCUT2D eigenvalue weighted by atomic mass is 10.1. The average molecular weight is 412 g/mol. The second-order valence-corrected chi connectivity index (χ2v) is 6.65. The van der Waals surface area contributed by atoms with Crippen LogP contribution in [0, 0.1) is 0 Å². The summed E-state index contributed by atoms with van der Waals surface area (Å²) in [7, 11) is 4.80. The minimum absolute atomic E-state index is 0.0358. The lowest BCUT2D eigenvalue weighted by Crippen LogP contribution is -2.33. The van der Waals surface area contributed by atoms with Gasteiger partial charge in [-0.05, 0) is 30.5 Å². The second kappa shape index (κ2) is 9.25. The van der Waals surface area contributed by atoms with Crippen LogP contribution in [0.25, 0.3) is 10.9 Å². The zero-order valence-corrected chi connectivity index (χ0v) is 17.3. The molecule has 9 nitrogen and oxygen atoms in total. The molecule has 3 aromatic rings. The summed E-state index contributed by atoms with van der Waals surface area (Å²) in [6, 6.07) is 5.83. The summed E-state index contributed by atoms with van der Waals surface area (Å²) in [6.07, 6.45) is 5.00. The van der Waals surface area contributed by atoms with Crippen LogP contribution in [0.1, 0.15) is 29.1 Å². The second-order valence-electron chi connectivity index (χ2n) is 6.65. The van der Waals surface area contributed by atoms with Gasteiger partial charge in [-0.1, -0.05) is 16.3 Å². The van der Waals surface area contributed by atoms with Gasteiger partial charge >= 0.3 is 17.9 Å². The number of esters is 1. The van der Waals surface area contributed by atoms with Crippen molar-refractivity contribution in [3.05, 3.63) is 48.5 Å². The van der Waals surface area contributed by atoms with Crippen LogP contribution in [-0.4, -0.2) is 47.4 Å². The van der Waals surface area contributed by atoms with E-state index in [-0.39, 0.29) is 24.2 Å². The quantitative estimate of drug-likeness (QED) is 0.393. The van der Waals surface area contributed by atoms with Crippen molar-refractivity contribution in [2.45, 2.75) is 19.3 Å². The molecular weight excluding hydrogens is 388 g/mol. The van der Waals surface area contributed by atoms with Crippen LogP contribution in [0.5, 0.6) is 5.75 Å². The lowest BCUT2D eigenvalue weighted by molar-refractivity contribution is -0.118. The number of carbonyl (C=O) groups excluding carboxylic acids is 2. The molecule has 0 aliphatic carbocycles. The van der Waals surface area contributed by atoms with Gasteiger partial charge < -0.3 is 18.5 Å². The molecule has 0 bridgehead atoms. The molecule has 158 valence electrons. The molecule has 1 amide bonds. The molecule has 9 heteroatoms. The third-order valence-corrected chi connectivity index (χ3v) is 4.75. The topological polar surface area (TPSA) is 99.7 Å². The molecule has 0 spiro atoms. The molecule has 2 heterocycles. The Balaban J connectivity index is 1.85. The van der Waals surface area contributed by atoms with E-state index in [1.807, 2.05) is 36.0 Å². The zero-order valence-electron chi connectivity index (χ0n) is 17.3. The van der Waals surface area contributed by atoms with Gasteiger partial charge in [0.15, 0.2) is 0 Å². The van der Waals surface area contributed by atoms with Gasteiger partial charge in [-0.15, -0.1) is 6.58 Å². The molecule has 0 N–H and O–H groups in total. The molecule has 0 aliphatic heterocycles. The van der Waals surface area contributed by atoms with Crippen molar-refractivity contribution in [3.63, 3.8) is 0 Å². The van der Waals surface area contributed by atoms with Gasteiger partial charge in [-0.3, -0.25) is 9.69 Å². The van der Waals surface area contributed by atoms with E-state index >= 15 is 0 Å². The Hall–Kier alpha value is -3.62. The predicted molar refractivity (Wildman–Crippen MR) is 111 cm³/mol. The van der Waals surface area contributed by atoms with Gasteiger partial charge in [0.1, 0.15) is 5.75 Å². The van der Waals surface area contributed by atoms with E-state index in [0.717, 1.165) is 22.2 Å². The van der Waals surface area contributed by atoms with Crippen molar-refractivity contribution in [1.82, 2.24) is 14.8 Å². The number of benzene rings is 1. The highest BCUT2D eigenvalue weighted by molar-refractivity contribution is 5.92. The molecule has 0 atom stereocenters. The molecule has 2 aromatic heterocycles. The van der Waals surface area contributed by atoms with Crippen LogP contribution in [0.2, 0.25) is 0 Å². The van der Waals surface area contributed by atoms with Gasteiger partial charge in [0.2, 0.25) is 5.91 Å². The molecule has 0 aliphatic rings. The van der Waals surface area contributed by atoms with Crippen LogP contribution in [0.4, 0.5) is 6.01 Å². The summed E-state index contributed by atoms with van der Waals surface area (Å²) < 4.78 is 17.3. The maximum absolute atomic E-state index is 12.7. The first-order valence-electron chi connectivity index (χ1n) is 9.43. The number of hydrogen-bond acceptors (Lipinski definition) is 7. The molecule has 3 rings (SSSR count). The lowest BCUT2D eigenvalue weighted by Gasteiger charge is -2.17. The number of ether oxygens (including phenoxy) is 2. The van der Waals surface area contributed by atoms with Crippen molar-refractivity contribution in [2.75, 3.05) is 25.7 Å². The predicted octanol–water partition coefficient (Wildman–Crippen LogP) is 2.90. The number of anilines is 1. The maximum atomic E-state index is 12.7. The largest absolute Gasteiger partial charge is 0.497 e. The highest BCUT2D eigenvalue weighted by atomic mass is 16.5. The molecular formula is C21H24N4O5. The number of aryl methyl sites for hydroxylation is 1. The van der Waals surface area contributed by atoms with Crippen molar-refractivity contribution in [2.24, 2.45) is 7.05 Å². The minimum atomic E-state index is -0.754. The Morgan fingerprint density at radius 3 is 2.80 bits per heavy atom. The summed E-state index contributed by atoms with van der Waals surface area (Å²) in [5, 5.41) is 8.60. The SMILES string of the molecule is C=CCCC(=O)N(CCc1cn(C)c2cc(OC)ccc12)c1nnc(C(=O)OC)o1. The van der Waals surface area contributed by atoms with Crippen molar-refractivity contribution < 1.29 is 23.5 Å².